The van der Waals surface area contributed by atoms with Crippen LogP contribution in [0.25, 0.3) is 0 Å². The summed E-state index contributed by atoms with van der Waals surface area (Å²) in [6.07, 6.45) is 0.441. The van der Waals surface area contributed by atoms with Gasteiger partial charge in [-0.1, -0.05) is 50.0 Å². The summed E-state index contributed by atoms with van der Waals surface area (Å²) in [6, 6.07) is 5.10. The first-order chi connectivity index (χ1) is 6.81. The summed E-state index contributed by atoms with van der Waals surface area (Å²) in [7, 11) is 0. The third kappa shape index (κ3) is 3.51. The minimum absolute atomic E-state index is 0.00176. The first-order valence-corrected chi connectivity index (χ1v) is 5.54. The molecule has 15 heavy (non-hydrogen) atoms. The molecule has 3 heteroatoms. The van der Waals surface area contributed by atoms with Crippen LogP contribution in [0.1, 0.15) is 37.6 Å². The zero-order chi connectivity index (χ0) is 11.6. The van der Waals surface area contributed by atoms with Crippen LogP contribution in [0.4, 0.5) is 0 Å². The average Bonchev–Trinajstić information content (AvgIpc) is 1.99. The van der Waals surface area contributed by atoms with E-state index < -0.39 is 0 Å². The number of ketones is 1. The van der Waals surface area contributed by atoms with E-state index in [0.29, 0.717) is 22.0 Å². The maximum Gasteiger partial charge on any atom is 0.166 e. The third-order valence-electron chi connectivity index (χ3n) is 1.93. The van der Waals surface area contributed by atoms with Crippen molar-refractivity contribution in [3.05, 3.63) is 33.8 Å². The lowest BCUT2D eigenvalue weighted by Gasteiger charge is -2.17. The van der Waals surface area contributed by atoms with Crippen molar-refractivity contribution in [2.75, 3.05) is 0 Å². The van der Waals surface area contributed by atoms with Crippen molar-refractivity contribution in [3.8, 4) is 0 Å². The van der Waals surface area contributed by atoms with Crippen LogP contribution in [0, 0.1) is 5.41 Å². The molecule has 0 spiro atoms. The van der Waals surface area contributed by atoms with Crippen LogP contribution in [0.3, 0.4) is 0 Å². The van der Waals surface area contributed by atoms with Gasteiger partial charge >= 0.3 is 0 Å². The summed E-state index contributed by atoms with van der Waals surface area (Å²) < 4.78 is 0. The second-order valence-electron chi connectivity index (χ2n) is 4.76. The van der Waals surface area contributed by atoms with E-state index in [-0.39, 0.29) is 11.2 Å². The van der Waals surface area contributed by atoms with Crippen LogP contribution < -0.4 is 0 Å². The lowest BCUT2D eigenvalue weighted by atomic mass is 9.88. The number of hydrogen-bond donors (Lipinski definition) is 0. The van der Waals surface area contributed by atoms with Crippen molar-refractivity contribution in [1.82, 2.24) is 0 Å². The Balaban J connectivity index is 3.02. The molecule has 0 saturated heterocycles. The van der Waals surface area contributed by atoms with E-state index in [9.17, 15) is 4.79 Å². The molecule has 1 aromatic carbocycles. The standard InChI is InChI=1S/C12H14Cl2O/c1-12(2,3)7-10(15)11-8(13)5-4-6-9(11)14/h4-6H,7H2,1-3H3. The number of halogens is 2. The molecule has 0 bridgehead atoms. The van der Waals surface area contributed by atoms with Crippen molar-refractivity contribution in [2.45, 2.75) is 27.2 Å². The molecule has 1 nitrogen and oxygen atoms in total. The highest BCUT2D eigenvalue weighted by atomic mass is 35.5. The molecule has 1 aromatic rings. The maximum absolute atomic E-state index is 11.9. The number of Topliss-reactive ketones (excluding diaryl/α,β-unsaturated/α-hetero) is 1. The van der Waals surface area contributed by atoms with Gasteiger partial charge in [0, 0.05) is 6.42 Å². The number of benzene rings is 1. The maximum atomic E-state index is 11.9. The lowest BCUT2D eigenvalue weighted by molar-refractivity contribution is 0.0940. The van der Waals surface area contributed by atoms with E-state index in [2.05, 4.69) is 0 Å². The zero-order valence-corrected chi connectivity index (χ0v) is 10.6. The van der Waals surface area contributed by atoms with Crippen LogP contribution in [-0.4, -0.2) is 5.78 Å². The lowest BCUT2D eigenvalue weighted by Crippen LogP contribution is -2.13. The second-order valence-corrected chi connectivity index (χ2v) is 5.57. The Labute approximate surface area is 100 Å². The van der Waals surface area contributed by atoms with Crippen molar-refractivity contribution in [2.24, 2.45) is 5.41 Å². The highest BCUT2D eigenvalue weighted by Crippen LogP contribution is 2.29. The molecule has 0 aliphatic carbocycles. The Morgan fingerprint density at radius 1 is 1.20 bits per heavy atom. The van der Waals surface area contributed by atoms with E-state index in [1.807, 2.05) is 20.8 Å². The zero-order valence-electron chi connectivity index (χ0n) is 9.10. The molecular weight excluding hydrogens is 231 g/mol. The fourth-order valence-corrected chi connectivity index (χ4v) is 1.94. The van der Waals surface area contributed by atoms with Crippen molar-refractivity contribution in [3.63, 3.8) is 0 Å². The molecule has 0 aliphatic rings. The van der Waals surface area contributed by atoms with Gasteiger partial charge in [-0.25, -0.2) is 0 Å². The molecule has 0 heterocycles. The van der Waals surface area contributed by atoms with Crippen molar-refractivity contribution < 1.29 is 4.79 Å². The van der Waals surface area contributed by atoms with E-state index in [1.165, 1.54) is 0 Å². The van der Waals surface area contributed by atoms with E-state index in [0.717, 1.165) is 0 Å². The molecule has 0 radical (unpaired) electrons. The number of rotatable bonds is 2. The van der Waals surface area contributed by atoms with Gasteiger partial charge in [0.1, 0.15) is 0 Å². The van der Waals surface area contributed by atoms with Crippen LogP contribution in [0.2, 0.25) is 10.0 Å². The van der Waals surface area contributed by atoms with Gasteiger partial charge in [-0.2, -0.15) is 0 Å². The van der Waals surface area contributed by atoms with Gasteiger partial charge in [-0.05, 0) is 17.5 Å². The van der Waals surface area contributed by atoms with Crippen molar-refractivity contribution in [1.29, 1.82) is 0 Å². The molecule has 0 amide bonds. The Morgan fingerprint density at radius 3 is 2.07 bits per heavy atom. The molecule has 82 valence electrons. The number of carbonyl (C=O) groups excluding carboxylic acids is 1. The molecule has 0 atom stereocenters. The molecule has 0 N–H and O–H groups in total. The van der Waals surface area contributed by atoms with Crippen molar-refractivity contribution >= 4 is 29.0 Å². The van der Waals surface area contributed by atoms with Gasteiger partial charge < -0.3 is 0 Å². The summed E-state index contributed by atoms with van der Waals surface area (Å²) in [5, 5.41) is 0.855. The molecule has 0 aliphatic heterocycles. The van der Waals surface area contributed by atoms with Crippen LogP contribution in [0.15, 0.2) is 18.2 Å². The Hall–Kier alpha value is -0.530. The highest BCUT2D eigenvalue weighted by molar-refractivity contribution is 6.39. The summed E-state index contributed by atoms with van der Waals surface area (Å²) >= 11 is 11.9. The minimum Gasteiger partial charge on any atom is -0.294 e. The SMILES string of the molecule is CC(C)(C)CC(=O)c1c(Cl)cccc1Cl. The van der Waals surface area contributed by atoms with Gasteiger partial charge in [-0.15, -0.1) is 0 Å². The molecule has 0 fully saturated rings. The molecule has 0 unspecified atom stereocenters. The van der Waals surface area contributed by atoms with Crippen LogP contribution in [0.5, 0.6) is 0 Å². The third-order valence-corrected chi connectivity index (χ3v) is 2.56. The van der Waals surface area contributed by atoms with Gasteiger partial charge in [0.15, 0.2) is 5.78 Å². The van der Waals surface area contributed by atoms with Crippen LogP contribution in [-0.2, 0) is 0 Å². The Bertz CT molecular complexity index is 357. The van der Waals surface area contributed by atoms with E-state index in [4.69, 9.17) is 23.2 Å². The van der Waals surface area contributed by atoms with E-state index in [1.54, 1.807) is 18.2 Å². The Kier molecular flexibility index (Phi) is 3.80. The monoisotopic (exact) mass is 244 g/mol. The second kappa shape index (κ2) is 4.54. The van der Waals surface area contributed by atoms with Gasteiger partial charge in [-0.3, -0.25) is 4.79 Å². The average molecular weight is 245 g/mol. The predicted octanol–water partition coefficient (Wildman–Crippen LogP) is 4.61. The largest absolute Gasteiger partial charge is 0.294 e. The van der Waals surface area contributed by atoms with Gasteiger partial charge in [0.05, 0.1) is 15.6 Å². The molecule has 0 aromatic heterocycles. The number of carbonyl (C=O) groups is 1. The van der Waals surface area contributed by atoms with Gasteiger partial charge in [0.2, 0.25) is 0 Å². The summed E-state index contributed by atoms with van der Waals surface area (Å²) in [6.45, 7) is 6.03. The molecule has 1 rings (SSSR count). The fourth-order valence-electron chi connectivity index (χ4n) is 1.33. The smallest absolute Gasteiger partial charge is 0.166 e. The van der Waals surface area contributed by atoms with Gasteiger partial charge in [0.25, 0.3) is 0 Å². The summed E-state index contributed by atoms with van der Waals surface area (Å²) in [5.41, 5.74) is 0.385. The fraction of sp³-hybridized carbons (Fsp3) is 0.417. The number of hydrogen-bond acceptors (Lipinski definition) is 1. The first kappa shape index (κ1) is 12.5. The molecule has 0 saturated carbocycles. The first-order valence-electron chi connectivity index (χ1n) is 4.78. The normalized spacial score (nSPS) is 11.5. The summed E-state index contributed by atoms with van der Waals surface area (Å²) in [5.74, 6) is -0.00176. The quantitative estimate of drug-likeness (QED) is 0.695. The summed E-state index contributed by atoms with van der Waals surface area (Å²) in [4.78, 5) is 11.9. The minimum atomic E-state index is -0.0560. The van der Waals surface area contributed by atoms with E-state index >= 15 is 0 Å². The van der Waals surface area contributed by atoms with Crippen LogP contribution >= 0.6 is 23.2 Å². The predicted molar refractivity (Wildman–Crippen MR) is 64.9 cm³/mol. The highest BCUT2D eigenvalue weighted by Gasteiger charge is 2.21. The Morgan fingerprint density at radius 2 is 1.67 bits per heavy atom. The topological polar surface area (TPSA) is 17.1 Å². The molecular formula is C12H14Cl2O.